The Morgan fingerprint density at radius 2 is 1.77 bits per heavy atom. The first-order chi connectivity index (χ1) is 12.3. The molecule has 0 bridgehead atoms. The summed E-state index contributed by atoms with van der Waals surface area (Å²) in [6.45, 7) is 11.5. The maximum Gasteiger partial charge on any atom is 0.308 e. The summed E-state index contributed by atoms with van der Waals surface area (Å²) < 4.78 is 5.76. The molecule has 152 valence electrons. The van der Waals surface area contributed by atoms with E-state index in [1.165, 1.54) is 32.1 Å². The fourth-order valence-electron chi connectivity index (χ4n) is 3.37. The molecule has 1 heterocycles. The largest absolute Gasteiger partial charge is 0.481 e. The van der Waals surface area contributed by atoms with E-state index in [2.05, 4.69) is 27.7 Å². The van der Waals surface area contributed by atoms with Crippen LogP contribution in [0.5, 0.6) is 0 Å². The molecule has 0 spiro atoms. The van der Waals surface area contributed by atoms with Gasteiger partial charge in [-0.15, -0.1) is 0 Å². The van der Waals surface area contributed by atoms with Gasteiger partial charge in [0.2, 0.25) is 5.91 Å². The van der Waals surface area contributed by atoms with Crippen molar-refractivity contribution in [2.24, 2.45) is 23.7 Å². The molecule has 0 radical (unpaired) electrons. The Balaban J connectivity index is 2.03. The number of hydrogen-bond donors (Lipinski definition) is 1. The number of rotatable bonds is 14. The molecule has 1 aliphatic heterocycles. The molecule has 5 heteroatoms. The molecule has 1 N–H and O–H groups in total. The number of aliphatic carboxylic acids is 1. The van der Waals surface area contributed by atoms with E-state index in [-0.39, 0.29) is 12.3 Å². The van der Waals surface area contributed by atoms with Gasteiger partial charge in [0.05, 0.1) is 5.92 Å². The second kappa shape index (κ2) is 12.3. The van der Waals surface area contributed by atoms with Gasteiger partial charge in [0.25, 0.3) is 0 Å². The van der Waals surface area contributed by atoms with Crippen LogP contribution in [0, 0.1) is 23.7 Å². The van der Waals surface area contributed by atoms with E-state index in [0.29, 0.717) is 25.6 Å². The summed E-state index contributed by atoms with van der Waals surface area (Å²) in [5.74, 6) is 0.735. The quantitative estimate of drug-likeness (QED) is 0.466. The number of carboxylic acid groups (broad SMARTS) is 1. The molecule has 1 rings (SSSR count). The van der Waals surface area contributed by atoms with E-state index < -0.39 is 11.9 Å². The van der Waals surface area contributed by atoms with Gasteiger partial charge in [-0.05, 0) is 30.6 Å². The zero-order valence-corrected chi connectivity index (χ0v) is 17.2. The summed E-state index contributed by atoms with van der Waals surface area (Å²) in [5.41, 5.74) is 0. The van der Waals surface area contributed by atoms with Crippen LogP contribution in [0.1, 0.15) is 72.6 Å². The second-order valence-corrected chi connectivity index (χ2v) is 8.39. The zero-order chi connectivity index (χ0) is 19.5. The number of nitrogens with zero attached hydrogens (tertiary/aromatic N) is 1. The molecule has 1 amide bonds. The minimum atomic E-state index is -0.871. The van der Waals surface area contributed by atoms with Crippen molar-refractivity contribution < 1.29 is 19.4 Å². The Bertz CT molecular complexity index is 426. The van der Waals surface area contributed by atoms with Crippen LogP contribution in [0.25, 0.3) is 0 Å². The highest BCUT2D eigenvalue weighted by molar-refractivity contribution is 5.86. The lowest BCUT2D eigenvalue weighted by atomic mass is 9.91. The van der Waals surface area contributed by atoms with Crippen molar-refractivity contribution in [2.45, 2.75) is 72.6 Å². The van der Waals surface area contributed by atoms with Crippen LogP contribution >= 0.6 is 0 Å². The Morgan fingerprint density at radius 3 is 2.35 bits per heavy atom. The smallest absolute Gasteiger partial charge is 0.308 e. The highest BCUT2D eigenvalue weighted by atomic mass is 16.5. The molecule has 1 saturated heterocycles. The topological polar surface area (TPSA) is 66.8 Å². The number of carbonyl (C=O) groups excluding carboxylic acids is 1. The van der Waals surface area contributed by atoms with Crippen molar-refractivity contribution in [3.05, 3.63) is 0 Å². The third kappa shape index (κ3) is 9.02. The van der Waals surface area contributed by atoms with E-state index in [1.54, 1.807) is 4.90 Å². The lowest BCUT2D eigenvalue weighted by Crippen LogP contribution is -2.28. The molecule has 1 aliphatic rings. The Kier molecular flexibility index (Phi) is 10.9. The third-order valence-electron chi connectivity index (χ3n) is 5.68. The predicted octanol–water partition coefficient (Wildman–Crippen LogP) is 4.20. The summed E-state index contributed by atoms with van der Waals surface area (Å²) in [6, 6.07) is 0. The zero-order valence-electron chi connectivity index (χ0n) is 17.2. The van der Waals surface area contributed by atoms with E-state index in [9.17, 15) is 9.59 Å². The van der Waals surface area contributed by atoms with Gasteiger partial charge in [-0.1, -0.05) is 53.4 Å². The fourth-order valence-corrected chi connectivity index (χ4v) is 3.37. The molecule has 5 nitrogen and oxygen atoms in total. The molecule has 0 aromatic rings. The molecule has 0 saturated carbocycles. The Hall–Kier alpha value is -1.10. The van der Waals surface area contributed by atoms with Gasteiger partial charge in [0.1, 0.15) is 0 Å². The predicted molar refractivity (Wildman–Crippen MR) is 104 cm³/mol. The van der Waals surface area contributed by atoms with Gasteiger partial charge in [-0.2, -0.15) is 0 Å². The number of amides is 1. The van der Waals surface area contributed by atoms with Crippen molar-refractivity contribution in [1.29, 1.82) is 0 Å². The highest BCUT2D eigenvalue weighted by Crippen LogP contribution is 2.21. The van der Waals surface area contributed by atoms with Crippen LogP contribution in [0.3, 0.4) is 0 Å². The van der Waals surface area contributed by atoms with E-state index in [0.717, 1.165) is 24.9 Å². The Morgan fingerprint density at radius 1 is 1.15 bits per heavy atom. The van der Waals surface area contributed by atoms with Gasteiger partial charge >= 0.3 is 5.97 Å². The molecular formula is C21H39NO4. The monoisotopic (exact) mass is 369 g/mol. The Labute approximate surface area is 159 Å². The van der Waals surface area contributed by atoms with Crippen LogP contribution < -0.4 is 0 Å². The lowest BCUT2D eigenvalue weighted by molar-refractivity contribution is -0.141. The molecule has 4 atom stereocenters. The SMILES string of the molecule is CCC(C)CCC(C)CCC(C)COCCCN1CC(C(=O)O)CC1=O. The van der Waals surface area contributed by atoms with Gasteiger partial charge in [-0.25, -0.2) is 0 Å². The lowest BCUT2D eigenvalue weighted by Gasteiger charge is -2.18. The van der Waals surface area contributed by atoms with Gasteiger partial charge in [0.15, 0.2) is 0 Å². The van der Waals surface area contributed by atoms with E-state index >= 15 is 0 Å². The molecule has 4 unspecified atom stereocenters. The summed E-state index contributed by atoms with van der Waals surface area (Å²) in [6.07, 6.45) is 7.31. The normalized spacial score (nSPS) is 21.0. The summed E-state index contributed by atoms with van der Waals surface area (Å²) in [5, 5.41) is 8.98. The number of likely N-dealkylation sites (tertiary alicyclic amines) is 1. The van der Waals surface area contributed by atoms with Crippen molar-refractivity contribution >= 4 is 11.9 Å². The van der Waals surface area contributed by atoms with Crippen LogP contribution in [0.4, 0.5) is 0 Å². The van der Waals surface area contributed by atoms with Crippen LogP contribution in [0.15, 0.2) is 0 Å². The number of carbonyl (C=O) groups is 2. The maximum atomic E-state index is 11.7. The van der Waals surface area contributed by atoms with Crippen molar-refractivity contribution in [1.82, 2.24) is 4.90 Å². The molecule has 0 aromatic heterocycles. The molecular weight excluding hydrogens is 330 g/mol. The standard InChI is InChI=1S/C21H39NO4/c1-5-16(2)7-8-17(3)9-10-18(4)15-26-12-6-11-22-14-19(21(24)25)13-20(22)23/h16-19H,5-15H2,1-4H3,(H,24,25). The second-order valence-electron chi connectivity index (χ2n) is 8.39. The average molecular weight is 370 g/mol. The minimum Gasteiger partial charge on any atom is -0.481 e. The van der Waals surface area contributed by atoms with E-state index in [4.69, 9.17) is 9.84 Å². The minimum absolute atomic E-state index is 0.0443. The molecule has 0 aromatic carbocycles. The van der Waals surface area contributed by atoms with E-state index in [1.807, 2.05) is 0 Å². The third-order valence-corrected chi connectivity index (χ3v) is 5.68. The first-order valence-electron chi connectivity index (χ1n) is 10.4. The summed E-state index contributed by atoms with van der Waals surface area (Å²) >= 11 is 0. The number of carboxylic acids is 1. The summed E-state index contributed by atoms with van der Waals surface area (Å²) in [4.78, 5) is 24.3. The van der Waals surface area contributed by atoms with Gasteiger partial charge in [0, 0.05) is 32.7 Å². The average Bonchev–Trinajstić information content (AvgIpc) is 2.98. The maximum absolute atomic E-state index is 11.7. The van der Waals surface area contributed by atoms with Gasteiger partial charge in [-0.3, -0.25) is 9.59 Å². The van der Waals surface area contributed by atoms with Crippen LogP contribution in [-0.2, 0) is 14.3 Å². The molecule has 26 heavy (non-hydrogen) atoms. The molecule has 0 aliphatic carbocycles. The highest BCUT2D eigenvalue weighted by Gasteiger charge is 2.33. The van der Waals surface area contributed by atoms with Crippen molar-refractivity contribution in [3.8, 4) is 0 Å². The first kappa shape index (κ1) is 22.9. The van der Waals surface area contributed by atoms with Crippen molar-refractivity contribution in [3.63, 3.8) is 0 Å². The fraction of sp³-hybridized carbons (Fsp3) is 0.905. The first-order valence-corrected chi connectivity index (χ1v) is 10.4. The summed E-state index contributed by atoms with van der Waals surface area (Å²) in [7, 11) is 0. The van der Waals surface area contributed by atoms with Crippen LogP contribution in [-0.4, -0.2) is 48.2 Å². The van der Waals surface area contributed by atoms with Gasteiger partial charge < -0.3 is 14.7 Å². The van der Waals surface area contributed by atoms with Crippen molar-refractivity contribution in [2.75, 3.05) is 26.3 Å². The number of hydrogen-bond acceptors (Lipinski definition) is 3. The molecule has 1 fully saturated rings. The van der Waals surface area contributed by atoms with Crippen LogP contribution in [0.2, 0.25) is 0 Å². The number of ether oxygens (including phenoxy) is 1.